The fraction of sp³-hybridized carbons (Fsp3) is 0.571. The Hall–Kier alpha value is -2.61. The first kappa shape index (κ1) is 19.7. The summed E-state index contributed by atoms with van der Waals surface area (Å²) >= 11 is 0. The SMILES string of the molecule is COc1nc(N2CCCCCC2)nc(N2CCN(Cc3cccc(O)c3)CC2)n1. The first-order valence-corrected chi connectivity index (χ1v) is 10.5. The number of methoxy groups -OCH3 is 1. The molecule has 0 amide bonds. The van der Waals surface area contributed by atoms with Crippen LogP contribution in [0.1, 0.15) is 31.2 Å². The largest absolute Gasteiger partial charge is 0.508 e. The number of hydrogen-bond acceptors (Lipinski definition) is 8. The number of anilines is 2. The van der Waals surface area contributed by atoms with Crippen LogP contribution in [0.2, 0.25) is 0 Å². The van der Waals surface area contributed by atoms with Gasteiger partial charge in [-0.15, -0.1) is 0 Å². The van der Waals surface area contributed by atoms with E-state index in [1.807, 2.05) is 12.1 Å². The Bertz CT molecular complexity index is 802. The van der Waals surface area contributed by atoms with Crippen molar-refractivity contribution < 1.29 is 9.84 Å². The lowest BCUT2D eigenvalue weighted by Gasteiger charge is -2.35. The number of hydrogen-bond donors (Lipinski definition) is 1. The number of nitrogens with zero attached hydrogens (tertiary/aromatic N) is 6. The smallest absolute Gasteiger partial charge is 0.322 e. The van der Waals surface area contributed by atoms with Crippen LogP contribution in [0.5, 0.6) is 11.8 Å². The summed E-state index contributed by atoms with van der Waals surface area (Å²) in [6.45, 7) is 6.36. The molecular formula is C21H30N6O2. The van der Waals surface area contributed by atoms with E-state index in [2.05, 4.69) is 30.7 Å². The Morgan fingerprint density at radius 2 is 1.52 bits per heavy atom. The van der Waals surface area contributed by atoms with Gasteiger partial charge in [-0.3, -0.25) is 4.90 Å². The molecular weight excluding hydrogens is 368 g/mol. The number of piperazine rings is 1. The molecule has 8 heteroatoms. The van der Waals surface area contributed by atoms with E-state index < -0.39 is 0 Å². The molecule has 2 aliphatic heterocycles. The van der Waals surface area contributed by atoms with Crippen LogP contribution in [-0.2, 0) is 6.54 Å². The fourth-order valence-corrected chi connectivity index (χ4v) is 4.00. The van der Waals surface area contributed by atoms with Crippen LogP contribution >= 0.6 is 0 Å². The zero-order valence-corrected chi connectivity index (χ0v) is 17.1. The van der Waals surface area contributed by atoms with Crippen molar-refractivity contribution in [1.29, 1.82) is 0 Å². The molecule has 29 heavy (non-hydrogen) atoms. The van der Waals surface area contributed by atoms with E-state index in [9.17, 15) is 5.11 Å². The van der Waals surface area contributed by atoms with Crippen LogP contribution in [0.4, 0.5) is 11.9 Å². The molecule has 4 rings (SSSR count). The highest BCUT2D eigenvalue weighted by Gasteiger charge is 2.22. The van der Waals surface area contributed by atoms with E-state index in [0.29, 0.717) is 17.7 Å². The minimum atomic E-state index is 0.319. The molecule has 3 heterocycles. The summed E-state index contributed by atoms with van der Waals surface area (Å²) < 4.78 is 5.37. The predicted molar refractivity (Wildman–Crippen MR) is 113 cm³/mol. The Morgan fingerprint density at radius 3 is 2.14 bits per heavy atom. The number of rotatable bonds is 5. The van der Waals surface area contributed by atoms with Crippen LogP contribution in [0, 0.1) is 0 Å². The van der Waals surface area contributed by atoms with Gasteiger partial charge in [-0.05, 0) is 30.5 Å². The summed E-state index contributed by atoms with van der Waals surface area (Å²) in [5.41, 5.74) is 1.13. The summed E-state index contributed by atoms with van der Waals surface area (Å²) in [4.78, 5) is 20.7. The van der Waals surface area contributed by atoms with Crippen LogP contribution in [0.3, 0.4) is 0 Å². The number of benzene rings is 1. The Labute approximate surface area is 172 Å². The molecule has 8 nitrogen and oxygen atoms in total. The lowest BCUT2D eigenvalue weighted by molar-refractivity contribution is 0.248. The zero-order valence-electron chi connectivity index (χ0n) is 17.1. The van der Waals surface area contributed by atoms with E-state index in [1.165, 1.54) is 25.7 Å². The maximum atomic E-state index is 9.67. The van der Waals surface area contributed by atoms with Crippen molar-refractivity contribution in [3.63, 3.8) is 0 Å². The van der Waals surface area contributed by atoms with E-state index >= 15 is 0 Å². The van der Waals surface area contributed by atoms with Gasteiger partial charge in [0.15, 0.2) is 0 Å². The van der Waals surface area contributed by atoms with Crippen molar-refractivity contribution >= 4 is 11.9 Å². The van der Waals surface area contributed by atoms with Crippen molar-refractivity contribution in [3.8, 4) is 11.8 Å². The summed E-state index contributed by atoms with van der Waals surface area (Å²) in [5, 5.41) is 9.67. The highest BCUT2D eigenvalue weighted by molar-refractivity contribution is 5.41. The topological polar surface area (TPSA) is 77.9 Å². The van der Waals surface area contributed by atoms with Crippen molar-refractivity contribution in [2.24, 2.45) is 0 Å². The number of ether oxygens (including phenoxy) is 1. The number of aromatic nitrogens is 3. The summed E-state index contributed by atoms with van der Waals surface area (Å²) in [5.74, 6) is 1.75. The van der Waals surface area contributed by atoms with E-state index in [0.717, 1.165) is 57.3 Å². The molecule has 0 atom stereocenters. The average Bonchev–Trinajstić information content (AvgIpc) is 3.04. The minimum Gasteiger partial charge on any atom is -0.508 e. The Balaban J connectivity index is 1.42. The quantitative estimate of drug-likeness (QED) is 0.822. The Morgan fingerprint density at radius 1 is 0.862 bits per heavy atom. The molecule has 0 bridgehead atoms. The molecule has 156 valence electrons. The van der Waals surface area contributed by atoms with Gasteiger partial charge in [-0.1, -0.05) is 25.0 Å². The number of phenols is 1. The minimum absolute atomic E-state index is 0.319. The van der Waals surface area contributed by atoms with E-state index in [4.69, 9.17) is 9.72 Å². The molecule has 2 aliphatic rings. The molecule has 2 fully saturated rings. The molecule has 2 saturated heterocycles. The molecule has 1 aromatic carbocycles. The van der Waals surface area contributed by atoms with Crippen LogP contribution in [0.25, 0.3) is 0 Å². The first-order chi connectivity index (χ1) is 14.2. The van der Waals surface area contributed by atoms with Gasteiger partial charge >= 0.3 is 6.01 Å². The van der Waals surface area contributed by atoms with Gasteiger partial charge in [-0.25, -0.2) is 0 Å². The van der Waals surface area contributed by atoms with Crippen LogP contribution in [0.15, 0.2) is 24.3 Å². The zero-order chi connectivity index (χ0) is 20.1. The van der Waals surface area contributed by atoms with Crippen molar-refractivity contribution in [2.45, 2.75) is 32.2 Å². The van der Waals surface area contributed by atoms with Gasteiger partial charge in [0.25, 0.3) is 0 Å². The molecule has 1 aromatic heterocycles. The van der Waals surface area contributed by atoms with Crippen molar-refractivity contribution in [3.05, 3.63) is 29.8 Å². The lowest BCUT2D eigenvalue weighted by Crippen LogP contribution is -2.46. The molecule has 2 aromatic rings. The highest BCUT2D eigenvalue weighted by Crippen LogP contribution is 2.22. The van der Waals surface area contributed by atoms with Gasteiger partial charge in [0.1, 0.15) is 5.75 Å². The molecule has 0 radical (unpaired) electrons. The molecule has 0 unspecified atom stereocenters. The second-order valence-electron chi connectivity index (χ2n) is 7.76. The molecule has 0 aliphatic carbocycles. The summed E-state index contributed by atoms with van der Waals surface area (Å²) in [7, 11) is 1.61. The van der Waals surface area contributed by atoms with Gasteiger partial charge in [0.2, 0.25) is 11.9 Å². The van der Waals surface area contributed by atoms with E-state index in [1.54, 1.807) is 13.2 Å². The van der Waals surface area contributed by atoms with Gasteiger partial charge in [0.05, 0.1) is 7.11 Å². The standard InChI is InChI=1S/C21H30N6O2/c1-29-21-23-19(26-9-4-2-3-5-10-26)22-20(24-21)27-13-11-25(12-14-27)16-17-7-6-8-18(28)15-17/h6-8,15,28H,2-5,9-14,16H2,1H3. The second-order valence-corrected chi connectivity index (χ2v) is 7.76. The predicted octanol–water partition coefficient (Wildman–Crippen LogP) is 2.29. The number of phenolic OH excluding ortho intramolecular Hbond substituents is 1. The van der Waals surface area contributed by atoms with Crippen molar-refractivity contribution in [2.75, 3.05) is 56.2 Å². The lowest BCUT2D eigenvalue weighted by atomic mass is 10.2. The second kappa shape index (κ2) is 9.26. The van der Waals surface area contributed by atoms with Crippen LogP contribution < -0.4 is 14.5 Å². The molecule has 1 N–H and O–H groups in total. The maximum Gasteiger partial charge on any atom is 0.322 e. The van der Waals surface area contributed by atoms with Crippen LogP contribution in [-0.4, -0.2) is 71.3 Å². The maximum absolute atomic E-state index is 9.67. The molecule has 0 spiro atoms. The highest BCUT2D eigenvalue weighted by atomic mass is 16.5. The monoisotopic (exact) mass is 398 g/mol. The fourth-order valence-electron chi connectivity index (χ4n) is 4.00. The molecule has 0 saturated carbocycles. The third-order valence-corrected chi connectivity index (χ3v) is 5.63. The normalized spacial score (nSPS) is 18.5. The van der Waals surface area contributed by atoms with Crippen molar-refractivity contribution in [1.82, 2.24) is 19.9 Å². The van der Waals surface area contributed by atoms with Gasteiger partial charge < -0.3 is 19.6 Å². The Kier molecular flexibility index (Phi) is 6.29. The third-order valence-electron chi connectivity index (χ3n) is 5.63. The number of aromatic hydroxyl groups is 1. The van der Waals surface area contributed by atoms with Gasteiger partial charge in [0, 0.05) is 45.8 Å². The average molecular weight is 399 g/mol. The summed E-state index contributed by atoms with van der Waals surface area (Å²) in [6, 6.07) is 7.86. The van der Waals surface area contributed by atoms with Gasteiger partial charge in [-0.2, -0.15) is 15.0 Å². The first-order valence-electron chi connectivity index (χ1n) is 10.5. The third kappa shape index (κ3) is 5.06. The summed E-state index contributed by atoms with van der Waals surface area (Å²) in [6.07, 6.45) is 4.90. The van der Waals surface area contributed by atoms with E-state index in [-0.39, 0.29) is 0 Å².